The number of rotatable bonds is 4. The average Bonchev–Trinajstić information content (AvgIpc) is 3.56. The molecule has 0 spiro atoms. The highest BCUT2D eigenvalue weighted by atomic mass is 16.3. The lowest BCUT2D eigenvalue weighted by atomic mass is 9.97. The molecule has 0 unspecified atom stereocenters. The second-order valence-corrected chi connectivity index (χ2v) is 12.6. The fourth-order valence-electron chi connectivity index (χ4n) is 7.08. The molecule has 0 aliphatic heterocycles. The zero-order valence-electron chi connectivity index (χ0n) is 26.5. The molecular weight excluding hydrogens is 597 g/mol. The summed E-state index contributed by atoms with van der Waals surface area (Å²) in [5.74, 6) is 0.704. The molecule has 2 heterocycles. The zero-order valence-corrected chi connectivity index (χ0v) is 26.5. The number of para-hydroxylation sites is 1. The highest BCUT2D eigenvalue weighted by Gasteiger charge is 2.14. The molecule has 228 valence electrons. The van der Waals surface area contributed by atoms with Gasteiger partial charge in [-0.05, 0) is 80.5 Å². The van der Waals surface area contributed by atoms with E-state index in [4.69, 9.17) is 14.4 Å². The van der Waals surface area contributed by atoms with Crippen molar-refractivity contribution in [2.24, 2.45) is 0 Å². The van der Waals surface area contributed by atoms with E-state index < -0.39 is 0 Å². The lowest BCUT2D eigenvalue weighted by Gasteiger charge is -2.11. The van der Waals surface area contributed by atoms with Gasteiger partial charge < -0.3 is 4.42 Å². The Balaban J connectivity index is 1.10. The van der Waals surface area contributed by atoms with Crippen LogP contribution in [0, 0.1) is 0 Å². The molecule has 0 saturated carbocycles. The van der Waals surface area contributed by atoms with Crippen LogP contribution in [0.15, 0.2) is 174 Å². The molecule has 0 saturated heterocycles. The van der Waals surface area contributed by atoms with Gasteiger partial charge in [0.05, 0.1) is 11.4 Å². The summed E-state index contributed by atoms with van der Waals surface area (Å²) in [4.78, 5) is 10.3. The topological polar surface area (TPSA) is 38.9 Å². The van der Waals surface area contributed by atoms with Gasteiger partial charge in [-0.25, -0.2) is 9.97 Å². The number of fused-ring (bicyclic) bond motifs is 7. The minimum Gasteiger partial charge on any atom is -0.455 e. The van der Waals surface area contributed by atoms with Crippen molar-refractivity contribution in [2.45, 2.75) is 0 Å². The van der Waals surface area contributed by atoms with E-state index in [0.717, 1.165) is 77.3 Å². The van der Waals surface area contributed by atoms with Gasteiger partial charge in [-0.3, -0.25) is 0 Å². The van der Waals surface area contributed by atoms with Crippen LogP contribution in [0.4, 0.5) is 0 Å². The summed E-state index contributed by atoms with van der Waals surface area (Å²) >= 11 is 0. The Morgan fingerprint density at radius 1 is 0.327 bits per heavy atom. The van der Waals surface area contributed by atoms with Gasteiger partial charge in [0.15, 0.2) is 5.82 Å². The van der Waals surface area contributed by atoms with E-state index in [-0.39, 0.29) is 0 Å². The first-order chi connectivity index (χ1) is 24.2. The minimum absolute atomic E-state index is 0.704. The molecule has 0 N–H and O–H groups in total. The summed E-state index contributed by atoms with van der Waals surface area (Å²) in [7, 11) is 0. The van der Waals surface area contributed by atoms with Crippen LogP contribution in [0.5, 0.6) is 0 Å². The van der Waals surface area contributed by atoms with Crippen LogP contribution in [-0.4, -0.2) is 9.97 Å². The zero-order chi connectivity index (χ0) is 32.3. The maximum Gasteiger partial charge on any atom is 0.160 e. The highest BCUT2D eigenvalue weighted by Crippen LogP contribution is 2.37. The van der Waals surface area contributed by atoms with Crippen molar-refractivity contribution in [3.63, 3.8) is 0 Å². The van der Waals surface area contributed by atoms with E-state index >= 15 is 0 Å². The molecule has 3 nitrogen and oxygen atoms in total. The third-order valence-corrected chi connectivity index (χ3v) is 9.63. The first kappa shape index (κ1) is 27.5. The van der Waals surface area contributed by atoms with E-state index in [1.807, 2.05) is 18.2 Å². The molecule has 49 heavy (non-hydrogen) atoms. The molecule has 0 atom stereocenters. The van der Waals surface area contributed by atoms with Gasteiger partial charge in [0.1, 0.15) is 11.2 Å². The van der Waals surface area contributed by atoms with Crippen molar-refractivity contribution in [1.82, 2.24) is 9.97 Å². The van der Waals surface area contributed by atoms with Gasteiger partial charge in [0.2, 0.25) is 0 Å². The van der Waals surface area contributed by atoms with Gasteiger partial charge in [-0.1, -0.05) is 127 Å². The number of furan rings is 1. The molecule has 0 aliphatic rings. The maximum atomic E-state index is 6.38. The molecule has 0 radical (unpaired) electrons. The normalized spacial score (nSPS) is 11.7. The van der Waals surface area contributed by atoms with Crippen LogP contribution < -0.4 is 0 Å². The Hall–Kier alpha value is -6.58. The summed E-state index contributed by atoms with van der Waals surface area (Å²) < 4.78 is 6.38. The van der Waals surface area contributed by atoms with Crippen molar-refractivity contribution in [1.29, 1.82) is 0 Å². The van der Waals surface area contributed by atoms with Crippen molar-refractivity contribution < 1.29 is 4.42 Å². The number of benzene rings is 8. The van der Waals surface area contributed by atoms with Crippen molar-refractivity contribution in [3.05, 3.63) is 170 Å². The average molecular weight is 625 g/mol. The van der Waals surface area contributed by atoms with Crippen LogP contribution >= 0.6 is 0 Å². The molecule has 0 fully saturated rings. The second-order valence-electron chi connectivity index (χ2n) is 12.6. The number of hydrogen-bond acceptors (Lipinski definition) is 3. The lowest BCUT2D eigenvalue weighted by molar-refractivity contribution is 0.672. The van der Waals surface area contributed by atoms with Crippen molar-refractivity contribution in [3.8, 4) is 45.0 Å². The van der Waals surface area contributed by atoms with Gasteiger partial charge in [0.25, 0.3) is 0 Å². The van der Waals surface area contributed by atoms with Crippen molar-refractivity contribution in [2.75, 3.05) is 0 Å². The highest BCUT2D eigenvalue weighted by molar-refractivity contribution is 6.15. The molecule has 0 aliphatic carbocycles. The number of hydrogen-bond donors (Lipinski definition) is 0. The number of nitrogens with zero attached hydrogens (tertiary/aromatic N) is 2. The summed E-state index contributed by atoms with van der Waals surface area (Å²) in [5, 5.41) is 9.27. The van der Waals surface area contributed by atoms with Crippen LogP contribution in [0.25, 0.3) is 99.3 Å². The van der Waals surface area contributed by atoms with Crippen LogP contribution in [0.3, 0.4) is 0 Å². The first-order valence-electron chi connectivity index (χ1n) is 16.6. The van der Waals surface area contributed by atoms with Crippen molar-refractivity contribution >= 4 is 54.3 Å². The maximum absolute atomic E-state index is 6.38. The SMILES string of the molecule is c1ccc(-c2cc(-c3ccc4ccccc4c3)nc(-c3ccc4ccc(-c5ccc6ccc7c8ccccc8oc7c6c5)cc4c3)n2)cc1. The van der Waals surface area contributed by atoms with E-state index in [1.54, 1.807) is 0 Å². The van der Waals surface area contributed by atoms with Gasteiger partial charge in [-0.15, -0.1) is 0 Å². The largest absolute Gasteiger partial charge is 0.455 e. The Bertz CT molecular complexity index is 2890. The molecule has 10 rings (SSSR count). The summed E-state index contributed by atoms with van der Waals surface area (Å²) in [6.45, 7) is 0. The molecule has 8 aromatic carbocycles. The van der Waals surface area contributed by atoms with E-state index in [2.05, 4.69) is 152 Å². The third kappa shape index (κ3) is 4.75. The molecule has 2 aromatic heterocycles. The van der Waals surface area contributed by atoms with Crippen LogP contribution in [0.1, 0.15) is 0 Å². The Morgan fingerprint density at radius 2 is 0.918 bits per heavy atom. The number of aromatic nitrogens is 2. The molecule has 0 amide bonds. The monoisotopic (exact) mass is 624 g/mol. The first-order valence-corrected chi connectivity index (χ1v) is 16.6. The van der Waals surface area contributed by atoms with E-state index in [1.165, 1.54) is 16.2 Å². The quantitative estimate of drug-likeness (QED) is 0.196. The predicted octanol–water partition coefficient (Wildman–Crippen LogP) is 12.5. The van der Waals surface area contributed by atoms with Crippen LogP contribution in [-0.2, 0) is 0 Å². The Kier molecular flexibility index (Phi) is 6.18. The van der Waals surface area contributed by atoms with Gasteiger partial charge in [-0.2, -0.15) is 0 Å². The summed E-state index contributed by atoms with van der Waals surface area (Å²) in [6.07, 6.45) is 0. The molecule has 10 aromatic rings. The Morgan fingerprint density at radius 3 is 1.78 bits per heavy atom. The predicted molar refractivity (Wildman–Crippen MR) is 204 cm³/mol. The fourth-order valence-corrected chi connectivity index (χ4v) is 7.08. The third-order valence-electron chi connectivity index (χ3n) is 9.63. The minimum atomic E-state index is 0.704. The van der Waals surface area contributed by atoms with Gasteiger partial charge in [0, 0.05) is 32.8 Å². The van der Waals surface area contributed by atoms with E-state index in [9.17, 15) is 0 Å². The molecular formula is C46H28N2O. The summed E-state index contributed by atoms with van der Waals surface area (Å²) in [5.41, 5.74) is 9.05. The van der Waals surface area contributed by atoms with Gasteiger partial charge >= 0.3 is 0 Å². The lowest BCUT2D eigenvalue weighted by Crippen LogP contribution is -1.96. The van der Waals surface area contributed by atoms with Crippen LogP contribution in [0.2, 0.25) is 0 Å². The smallest absolute Gasteiger partial charge is 0.160 e. The fraction of sp³-hybridized carbons (Fsp3) is 0. The Labute approximate surface area is 282 Å². The standard InChI is InChI=1S/C46H28N2O/c1-2-9-32(10-3-1)42-28-43(36-20-15-29-8-4-5-11-33(29)24-36)48-46(47-42)37-21-16-30-14-18-34(25-38(30)26-37)35-19-17-31-22-23-40-39-12-6-7-13-44(39)49-45(40)41(31)27-35/h1-28H. The van der Waals surface area contributed by atoms with E-state index in [0.29, 0.717) is 5.82 Å². The molecule has 0 bridgehead atoms. The second kappa shape index (κ2) is 11.0. The summed E-state index contributed by atoms with van der Waals surface area (Å²) in [6, 6.07) is 59.8. The molecule has 3 heteroatoms.